The molecule has 0 atom stereocenters. The topological polar surface area (TPSA) is 64.6 Å². The van der Waals surface area contributed by atoms with Crippen LogP contribution in [-0.2, 0) is 34.8 Å². The van der Waals surface area contributed by atoms with Crippen LogP contribution in [0.1, 0.15) is 76.7 Å². The van der Waals surface area contributed by atoms with Crippen LogP contribution in [0.4, 0.5) is 0 Å². The molecule has 40 heavy (non-hydrogen) atoms. The van der Waals surface area contributed by atoms with Gasteiger partial charge in [-0.05, 0) is 47.8 Å². The average Bonchev–Trinajstić information content (AvgIpc) is 2.98. The van der Waals surface area contributed by atoms with Gasteiger partial charge in [-0.25, -0.2) is 0 Å². The van der Waals surface area contributed by atoms with Gasteiger partial charge in [0.15, 0.2) is 0 Å². The monoisotopic (exact) mass is 680 g/mol. The number of unbranched alkanes of at least 4 members (excludes halogenated alkanes) is 8. The molecule has 1 aromatic carbocycles. The van der Waals surface area contributed by atoms with E-state index in [1.165, 1.54) is 67.8 Å². The van der Waals surface area contributed by atoms with Crippen LogP contribution in [0.15, 0.2) is 24.3 Å². The smallest absolute Gasteiger partial charge is 0.119 e. The quantitative estimate of drug-likeness (QED) is 0.0459. The van der Waals surface area contributed by atoms with E-state index in [0.717, 1.165) is 25.2 Å². The van der Waals surface area contributed by atoms with Gasteiger partial charge >= 0.3 is 0 Å². The lowest BCUT2D eigenvalue weighted by Crippen LogP contribution is -2.14. The maximum absolute atomic E-state index is 5.77. The summed E-state index contributed by atoms with van der Waals surface area (Å²) in [5.74, 6) is 0.897. The summed E-state index contributed by atoms with van der Waals surface area (Å²) < 4.78 is 40.2. The largest absolute Gasteiger partial charge is 0.491 e. The van der Waals surface area contributed by atoms with E-state index in [2.05, 4.69) is 53.8 Å². The highest BCUT2D eigenvalue weighted by molar-refractivity contribution is 14.1. The number of hydrogen-bond donors (Lipinski definition) is 0. The van der Waals surface area contributed by atoms with Gasteiger partial charge in [0, 0.05) is 6.61 Å². The number of rotatable bonds is 32. The molecule has 0 spiro atoms. The second kappa shape index (κ2) is 31.4. The van der Waals surface area contributed by atoms with E-state index in [0.29, 0.717) is 79.3 Å². The molecule has 8 heteroatoms. The Morgan fingerprint density at radius 3 is 1.40 bits per heavy atom. The van der Waals surface area contributed by atoms with Crippen molar-refractivity contribution in [1.82, 2.24) is 0 Å². The molecular weight excluding hydrogens is 623 g/mol. The summed E-state index contributed by atoms with van der Waals surface area (Å²) in [5, 5.41) is 0. The first-order chi connectivity index (χ1) is 19.9. The third kappa shape index (κ3) is 26.4. The summed E-state index contributed by atoms with van der Waals surface area (Å²) in [5.41, 5.74) is 1.39. The van der Waals surface area contributed by atoms with E-state index in [9.17, 15) is 0 Å². The lowest BCUT2D eigenvalue weighted by Gasteiger charge is -2.09. The third-order valence-electron chi connectivity index (χ3n) is 6.27. The Hall–Kier alpha value is -0.490. The highest BCUT2D eigenvalue weighted by atomic mass is 127. The Balaban J connectivity index is 1.74. The zero-order valence-electron chi connectivity index (χ0n) is 25.2. The van der Waals surface area contributed by atoms with E-state index in [1.54, 1.807) is 0 Å². The normalized spacial score (nSPS) is 11.3. The van der Waals surface area contributed by atoms with Gasteiger partial charge in [-0.3, -0.25) is 0 Å². The maximum Gasteiger partial charge on any atom is 0.119 e. The van der Waals surface area contributed by atoms with Gasteiger partial charge in [0.1, 0.15) is 12.4 Å². The number of ether oxygens (including phenoxy) is 7. The van der Waals surface area contributed by atoms with Gasteiger partial charge < -0.3 is 33.2 Å². The van der Waals surface area contributed by atoms with Crippen molar-refractivity contribution in [3.63, 3.8) is 0 Å². The minimum absolute atomic E-state index is 0.539. The predicted molar refractivity (Wildman–Crippen MR) is 171 cm³/mol. The van der Waals surface area contributed by atoms with Gasteiger partial charge in [-0.15, -0.1) is 0 Å². The molecule has 234 valence electrons. The average molecular weight is 681 g/mol. The molecule has 0 amide bonds. The van der Waals surface area contributed by atoms with Crippen LogP contribution in [-0.4, -0.2) is 90.3 Å². The van der Waals surface area contributed by atoms with Crippen LogP contribution in [0, 0.1) is 0 Å². The molecule has 0 radical (unpaired) electrons. The Morgan fingerprint density at radius 1 is 0.450 bits per heavy atom. The molecule has 0 heterocycles. The highest BCUT2D eigenvalue weighted by Crippen LogP contribution is 2.15. The summed E-state index contributed by atoms with van der Waals surface area (Å²) in [7, 11) is 0. The molecule has 0 aromatic heterocycles. The number of alkyl halides is 1. The molecule has 0 aliphatic carbocycles. The van der Waals surface area contributed by atoms with Gasteiger partial charge in [0.25, 0.3) is 0 Å². The standard InChI is InChI=1S/C32H57IO7/c1-2-3-4-5-6-9-12-31-13-15-32(16-14-31)40-30-29-39-28-27-38-26-25-37-24-23-36-22-21-35-20-19-34-18-11-8-7-10-17-33/h13-16H,2-12,17-30H2,1H3. The molecule has 1 rings (SSSR count). The fraction of sp³-hybridized carbons (Fsp3) is 0.812. The fourth-order valence-corrected chi connectivity index (χ4v) is 4.47. The molecule has 0 bridgehead atoms. The molecule has 0 aliphatic heterocycles. The predicted octanol–water partition coefficient (Wildman–Crippen LogP) is 7.06. The van der Waals surface area contributed by atoms with Crippen molar-refractivity contribution in [2.45, 2.75) is 77.6 Å². The first-order valence-corrected chi connectivity index (χ1v) is 17.1. The Morgan fingerprint density at radius 2 is 0.875 bits per heavy atom. The number of hydrogen-bond acceptors (Lipinski definition) is 7. The SMILES string of the molecule is CCCCCCCCc1ccc(OCCOCCOCCOCCOCCOCCOCCCCCCI)cc1. The summed E-state index contributed by atoms with van der Waals surface area (Å²) in [4.78, 5) is 0. The summed E-state index contributed by atoms with van der Waals surface area (Å²) in [6.07, 6.45) is 14.2. The Kier molecular flexibility index (Phi) is 29.5. The van der Waals surface area contributed by atoms with Crippen molar-refractivity contribution in [1.29, 1.82) is 0 Å². The first-order valence-electron chi connectivity index (χ1n) is 15.6. The van der Waals surface area contributed by atoms with Crippen LogP contribution >= 0.6 is 22.6 Å². The fourth-order valence-electron chi connectivity index (χ4n) is 3.93. The number of halogens is 1. The van der Waals surface area contributed by atoms with Crippen LogP contribution in [0.2, 0.25) is 0 Å². The molecule has 0 saturated carbocycles. The molecular formula is C32H57IO7. The summed E-state index contributed by atoms with van der Waals surface area (Å²) in [6, 6.07) is 8.46. The third-order valence-corrected chi connectivity index (χ3v) is 7.03. The van der Waals surface area contributed by atoms with Crippen LogP contribution in [0.3, 0.4) is 0 Å². The number of benzene rings is 1. The molecule has 1 aromatic rings. The molecule has 0 unspecified atom stereocenters. The zero-order chi connectivity index (χ0) is 28.6. The van der Waals surface area contributed by atoms with Gasteiger partial charge in [0.05, 0.1) is 72.7 Å². The van der Waals surface area contributed by atoms with Crippen molar-refractivity contribution < 1.29 is 33.2 Å². The van der Waals surface area contributed by atoms with Crippen LogP contribution in [0.25, 0.3) is 0 Å². The molecule has 0 N–H and O–H groups in total. The van der Waals surface area contributed by atoms with Gasteiger partial charge in [0.2, 0.25) is 0 Å². The van der Waals surface area contributed by atoms with Crippen LogP contribution in [0.5, 0.6) is 5.75 Å². The second-order valence-electron chi connectivity index (χ2n) is 9.79. The minimum Gasteiger partial charge on any atom is -0.491 e. The molecule has 7 nitrogen and oxygen atoms in total. The molecule has 0 aliphatic rings. The second-order valence-corrected chi connectivity index (χ2v) is 10.9. The summed E-state index contributed by atoms with van der Waals surface area (Å²) >= 11 is 2.43. The maximum atomic E-state index is 5.77. The van der Waals surface area contributed by atoms with Crippen molar-refractivity contribution >= 4 is 22.6 Å². The Bertz CT molecular complexity index is 618. The molecule has 0 fully saturated rings. The lowest BCUT2D eigenvalue weighted by atomic mass is 10.0. The minimum atomic E-state index is 0.539. The van der Waals surface area contributed by atoms with E-state index in [-0.39, 0.29) is 0 Å². The summed E-state index contributed by atoms with van der Waals surface area (Å²) in [6.45, 7) is 9.91. The first kappa shape index (κ1) is 37.5. The van der Waals surface area contributed by atoms with Gasteiger partial charge in [-0.2, -0.15) is 0 Å². The van der Waals surface area contributed by atoms with E-state index < -0.39 is 0 Å². The van der Waals surface area contributed by atoms with Crippen molar-refractivity contribution in [2.24, 2.45) is 0 Å². The highest BCUT2D eigenvalue weighted by Gasteiger charge is 1.98. The van der Waals surface area contributed by atoms with Crippen LogP contribution < -0.4 is 4.74 Å². The van der Waals surface area contributed by atoms with Crippen molar-refractivity contribution in [2.75, 3.05) is 90.3 Å². The van der Waals surface area contributed by atoms with E-state index in [4.69, 9.17) is 33.2 Å². The molecule has 0 saturated heterocycles. The Labute approximate surface area is 258 Å². The lowest BCUT2D eigenvalue weighted by molar-refractivity contribution is -0.0179. The van der Waals surface area contributed by atoms with E-state index >= 15 is 0 Å². The van der Waals surface area contributed by atoms with Crippen molar-refractivity contribution in [3.05, 3.63) is 29.8 Å². The van der Waals surface area contributed by atoms with Crippen molar-refractivity contribution in [3.8, 4) is 5.75 Å². The zero-order valence-corrected chi connectivity index (χ0v) is 27.4. The van der Waals surface area contributed by atoms with E-state index in [1.807, 2.05) is 0 Å². The van der Waals surface area contributed by atoms with Gasteiger partial charge in [-0.1, -0.05) is 86.6 Å². The number of aryl methyl sites for hydroxylation is 1.